The van der Waals surface area contributed by atoms with Gasteiger partial charge in [0.05, 0.1) is 24.8 Å². The topological polar surface area (TPSA) is 75.6 Å². The van der Waals surface area contributed by atoms with Crippen molar-refractivity contribution in [3.8, 4) is 0 Å². The van der Waals surface area contributed by atoms with E-state index in [2.05, 4.69) is 5.32 Å². The molecule has 1 saturated heterocycles. The minimum atomic E-state index is -1.22. The van der Waals surface area contributed by atoms with Crippen molar-refractivity contribution < 1.29 is 23.8 Å². The Morgan fingerprint density at radius 1 is 1.55 bits per heavy atom. The van der Waals surface area contributed by atoms with Crippen LogP contribution in [0.3, 0.4) is 0 Å². The summed E-state index contributed by atoms with van der Waals surface area (Å²) in [5.41, 5.74) is -1.41. The second-order valence-electron chi connectivity index (χ2n) is 4.89. The Morgan fingerprint density at radius 2 is 2.25 bits per heavy atom. The molecule has 2 N–H and O–H groups in total. The van der Waals surface area contributed by atoms with E-state index in [-0.39, 0.29) is 23.8 Å². The van der Waals surface area contributed by atoms with Crippen LogP contribution in [0.5, 0.6) is 0 Å². The van der Waals surface area contributed by atoms with Gasteiger partial charge in [-0.25, -0.2) is 4.39 Å². The maximum Gasteiger partial charge on any atom is 0.313 e. The Balaban J connectivity index is 2.17. The van der Waals surface area contributed by atoms with Crippen LogP contribution in [0.15, 0.2) is 18.2 Å². The van der Waals surface area contributed by atoms with E-state index in [4.69, 9.17) is 16.3 Å². The summed E-state index contributed by atoms with van der Waals surface area (Å²) in [4.78, 5) is 23.2. The Bertz CT molecular complexity index is 565. The lowest BCUT2D eigenvalue weighted by Crippen LogP contribution is -2.49. The van der Waals surface area contributed by atoms with Crippen LogP contribution in [0.1, 0.15) is 17.3 Å². The molecular formula is C13H13ClFNO4. The van der Waals surface area contributed by atoms with E-state index in [1.165, 1.54) is 19.1 Å². The van der Waals surface area contributed by atoms with Crippen LogP contribution in [0.2, 0.25) is 5.02 Å². The molecule has 2 unspecified atom stereocenters. The van der Waals surface area contributed by atoms with Gasteiger partial charge in [-0.1, -0.05) is 11.6 Å². The molecule has 2 rings (SSSR count). The maximum atomic E-state index is 13.6. The summed E-state index contributed by atoms with van der Waals surface area (Å²) in [7, 11) is 0. The minimum absolute atomic E-state index is 0.00359. The normalized spacial score (nSPS) is 25.4. The number of carboxylic acid groups (broad SMARTS) is 1. The molecule has 1 aromatic rings. The number of halogens is 2. The number of hydrogen-bond donors (Lipinski definition) is 2. The molecule has 0 aromatic heterocycles. The average Bonchev–Trinajstić information content (AvgIpc) is 2.72. The number of aliphatic carboxylic acids is 1. The number of carboxylic acids is 1. The minimum Gasteiger partial charge on any atom is -0.481 e. The molecule has 108 valence electrons. The third kappa shape index (κ3) is 2.62. The van der Waals surface area contributed by atoms with Gasteiger partial charge in [-0.3, -0.25) is 9.59 Å². The van der Waals surface area contributed by atoms with Gasteiger partial charge >= 0.3 is 5.97 Å². The highest BCUT2D eigenvalue weighted by atomic mass is 35.5. The van der Waals surface area contributed by atoms with Crippen LogP contribution in [0.25, 0.3) is 0 Å². The fourth-order valence-corrected chi connectivity index (χ4v) is 2.15. The monoisotopic (exact) mass is 301 g/mol. The van der Waals surface area contributed by atoms with Crippen LogP contribution in [0, 0.1) is 11.2 Å². The van der Waals surface area contributed by atoms with Crippen LogP contribution in [-0.4, -0.2) is 36.2 Å². The summed E-state index contributed by atoms with van der Waals surface area (Å²) >= 11 is 5.61. The molecule has 1 aromatic carbocycles. The molecule has 5 nitrogen and oxygen atoms in total. The zero-order valence-corrected chi connectivity index (χ0v) is 11.4. The summed E-state index contributed by atoms with van der Waals surface area (Å²) in [6, 6.07) is 2.95. The molecule has 2 atom stereocenters. The summed E-state index contributed by atoms with van der Waals surface area (Å²) in [6.07, 6.45) is 0. The number of nitrogens with one attached hydrogen (secondary N) is 1. The predicted molar refractivity (Wildman–Crippen MR) is 69.2 cm³/mol. The van der Waals surface area contributed by atoms with Crippen LogP contribution in [0.4, 0.5) is 4.39 Å². The molecule has 0 spiro atoms. The van der Waals surface area contributed by atoms with Gasteiger partial charge < -0.3 is 15.2 Å². The van der Waals surface area contributed by atoms with Gasteiger partial charge in [-0.15, -0.1) is 0 Å². The Labute approximate surface area is 119 Å². The summed E-state index contributed by atoms with van der Waals surface area (Å²) in [5, 5.41) is 11.9. The maximum absolute atomic E-state index is 13.6. The van der Waals surface area contributed by atoms with Gasteiger partial charge in [0.1, 0.15) is 11.2 Å². The van der Waals surface area contributed by atoms with E-state index in [0.717, 1.165) is 6.07 Å². The van der Waals surface area contributed by atoms with Crippen molar-refractivity contribution in [1.82, 2.24) is 5.32 Å². The van der Waals surface area contributed by atoms with Gasteiger partial charge in [-0.2, -0.15) is 0 Å². The quantitative estimate of drug-likeness (QED) is 0.891. The highest BCUT2D eigenvalue weighted by Gasteiger charge is 2.47. The molecule has 0 bridgehead atoms. The highest BCUT2D eigenvalue weighted by molar-refractivity contribution is 6.30. The molecule has 20 heavy (non-hydrogen) atoms. The molecule has 7 heteroatoms. The fraction of sp³-hybridized carbons (Fsp3) is 0.385. The number of benzene rings is 1. The van der Waals surface area contributed by atoms with E-state index < -0.39 is 29.2 Å². The standard InChI is InChI=1S/C13H13ClFNO4/c1-13(12(18)19)6-20-5-10(13)16-11(17)8-3-2-7(14)4-9(8)15/h2-4,10H,5-6H2,1H3,(H,16,17)(H,18,19). The SMILES string of the molecule is CC1(C(=O)O)COCC1NC(=O)c1ccc(Cl)cc1F. The van der Waals surface area contributed by atoms with Crippen molar-refractivity contribution in [3.05, 3.63) is 34.6 Å². The summed E-state index contributed by atoms with van der Waals surface area (Å²) in [6.45, 7) is 1.55. The van der Waals surface area contributed by atoms with Crippen LogP contribution < -0.4 is 5.32 Å². The molecule has 0 radical (unpaired) electrons. The zero-order valence-electron chi connectivity index (χ0n) is 10.7. The van der Waals surface area contributed by atoms with Crippen LogP contribution in [-0.2, 0) is 9.53 Å². The van der Waals surface area contributed by atoms with Crippen molar-refractivity contribution in [3.63, 3.8) is 0 Å². The number of rotatable bonds is 3. The number of carbonyl (C=O) groups is 2. The largest absolute Gasteiger partial charge is 0.481 e. The molecule has 1 amide bonds. The lowest BCUT2D eigenvalue weighted by Gasteiger charge is -2.25. The zero-order chi connectivity index (χ0) is 14.9. The lowest BCUT2D eigenvalue weighted by molar-refractivity contribution is -0.148. The Hall–Kier alpha value is -1.66. The van der Waals surface area contributed by atoms with Crippen LogP contribution >= 0.6 is 11.6 Å². The molecule has 1 aliphatic rings. The molecule has 1 fully saturated rings. The number of carbonyl (C=O) groups excluding carboxylic acids is 1. The first-order valence-electron chi connectivity index (χ1n) is 5.91. The van der Waals surface area contributed by atoms with Crippen molar-refractivity contribution in [2.75, 3.05) is 13.2 Å². The summed E-state index contributed by atoms with van der Waals surface area (Å²) < 4.78 is 18.7. The van der Waals surface area contributed by atoms with Gasteiger partial charge in [0, 0.05) is 5.02 Å². The van der Waals surface area contributed by atoms with Crippen molar-refractivity contribution in [2.45, 2.75) is 13.0 Å². The third-order valence-corrected chi connectivity index (χ3v) is 3.66. The Kier molecular flexibility index (Phi) is 3.96. The summed E-state index contributed by atoms with van der Waals surface area (Å²) in [5.74, 6) is -2.52. The van der Waals surface area contributed by atoms with Gasteiger partial charge in [0.25, 0.3) is 5.91 Å². The van der Waals surface area contributed by atoms with Crippen molar-refractivity contribution >= 4 is 23.5 Å². The fourth-order valence-electron chi connectivity index (χ4n) is 1.99. The average molecular weight is 302 g/mol. The van der Waals surface area contributed by atoms with E-state index in [1.807, 2.05) is 0 Å². The first-order valence-corrected chi connectivity index (χ1v) is 6.29. The lowest BCUT2D eigenvalue weighted by atomic mass is 9.85. The van der Waals surface area contributed by atoms with E-state index in [9.17, 15) is 19.1 Å². The molecule has 0 aliphatic carbocycles. The van der Waals surface area contributed by atoms with Crippen molar-refractivity contribution in [2.24, 2.45) is 5.41 Å². The molecule has 1 aliphatic heterocycles. The number of amides is 1. The first kappa shape index (κ1) is 14.7. The van der Waals surface area contributed by atoms with E-state index in [1.54, 1.807) is 0 Å². The van der Waals surface area contributed by atoms with Gasteiger partial charge in [-0.05, 0) is 25.1 Å². The second-order valence-corrected chi connectivity index (χ2v) is 5.32. The second kappa shape index (κ2) is 5.38. The smallest absolute Gasteiger partial charge is 0.313 e. The number of ether oxygens (including phenoxy) is 1. The molecule has 0 saturated carbocycles. The predicted octanol–water partition coefficient (Wildman–Crippen LogP) is 1.70. The van der Waals surface area contributed by atoms with Gasteiger partial charge in [0.15, 0.2) is 0 Å². The molecular weight excluding hydrogens is 289 g/mol. The molecule has 1 heterocycles. The Morgan fingerprint density at radius 3 is 2.85 bits per heavy atom. The number of hydrogen-bond acceptors (Lipinski definition) is 3. The van der Waals surface area contributed by atoms with Crippen molar-refractivity contribution in [1.29, 1.82) is 0 Å². The van der Waals surface area contributed by atoms with Gasteiger partial charge in [0.2, 0.25) is 0 Å². The first-order chi connectivity index (χ1) is 9.34. The van der Waals surface area contributed by atoms with E-state index in [0.29, 0.717) is 0 Å². The third-order valence-electron chi connectivity index (χ3n) is 3.43. The van der Waals surface area contributed by atoms with E-state index >= 15 is 0 Å². The highest BCUT2D eigenvalue weighted by Crippen LogP contribution is 2.29.